The number of aromatic nitrogens is 2. The van der Waals surface area contributed by atoms with E-state index in [4.69, 9.17) is 4.74 Å². The van der Waals surface area contributed by atoms with Gasteiger partial charge in [-0.15, -0.1) is 0 Å². The van der Waals surface area contributed by atoms with Crippen molar-refractivity contribution in [3.63, 3.8) is 0 Å². The van der Waals surface area contributed by atoms with Gasteiger partial charge in [-0.1, -0.05) is 38.0 Å². The Balaban J connectivity index is 1.42. The van der Waals surface area contributed by atoms with Gasteiger partial charge < -0.3 is 10.1 Å². The highest BCUT2D eigenvalue weighted by Crippen LogP contribution is 2.44. The van der Waals surface area contributed by atoms with Gasteiger partial charge in [-0.25, -0.2) is 4.68 Å². The third-order valence-electron chi connectivity index (χ3n) is 8.41. The van der Waals surface area contributed by atoms with Crippen molar-refractivity contribution in [2.75, 3.05) is 23.4 Å². The van der Waals surface area contributed by atoms with Crippen molar-refractivity contribution in [1.82, 2.24) is 9.78 Å². The fraction of sp³-hybridized carbons (Fsp3) is 0.552. The predicted octanol–water partition coefficient (Wildman–Crippen LogP) is 5.34. The first-order chi connectivity index (χ1) is 17.4. The molecule has 36 heavy (non-hydrogen) atoms. The molecule has 2 amide bonds. The summed E-state index contributed by atoms with van der Waals surface area (Å²) < 4.78 is 7.41. The summed E-state index contributed by atoms with van der Waals surface area (Å²) in [6, 6.07) is 7.54. The number of fused-ring (bicyclic) bond motifs is 2. The molecule has 1 aliphatic heterocycles. The maximum absolute atomic E-state index is 13.9. The summed E-state index contributed by atoms with van der Waals surface area (Å²) in [5.74, 6) is 1.27. The van der Waals surface area contributed by atoms with Crippen LogP contribution in [-0.4, -0.2) is 41.4 Å². The van der Waals surface area contributed by atoms with Crippen LogP contribution < -0.4 is 10.2 Å². The summed E-state index contributed by atoms with van der Waals surface area (Å²) in [6.45, 7) is 7.87. The normalized spacial score (nSPS) is 23.4. The van der Waals surface area contributed by atoms with Crippen LogP contribution in [-0.2, 0) is 19.7 Å². The zero-order chi connectivity index (χ0) is 25.3. The Labute approximate surface area is 213 Å². The number of anilines is 2. The van der Waals surface area contributed by atoms with Gasteiger partial charge in [0.05, 0.1) is 6.20 Å². The van der Waals surface area contributed by atoms with Crippen molar-refractivity contribution < 1.29 is 14.3 Å². The molecule has 7 nitrogen and oxygen atoms in total. The molecule has 0 bridgehead atoms. The molecule has 1 spiro atoms. The molecule has 3 aliphatic rings. The zero-order valence-corrected chi connectivity index (χ0v) is 21.7. The summed E-state index contributed by atoms with van der Waals surface area (Å²) in [6.07, 6.45) is 13.0. The summed E-state index contributed by atoms with van der Waals surface area (Å²) in [5.41, 5.74) is 3.30. The van der Waals surface area contributed by atoms with Crippen LogP contribution in [0.4, 0.5) is 11.5 Å². The van der Waals surface area contributed by atoms with Gasteiger partial charge in [-0.2, -0.15) is 5.10 Å². The zero-order valence-electron chi connectivity index (χ0n) is 21.7. The molecule has 192 valence electrons. The first kappa shape index (κ1) is 24.8. The third kappa shape index (κ3) is 4.61. The molecule has 0 unspecified atom stereocenters. The molecule has 0 radical (unpaired) electrons. The summed E-state index contributed by atoms with van der Waals surface area (Å²) in [5, 5.41) is 7.59. The molecule has 1 saturated carbocycles. The van der Waals surface area contributed by atoms with Crippen molar-refractivity contribution in [2.45, 2.75) is 76.8 Å². The lowest BCUT2D eigenvalue weighted by Crippen LogP contribution is -2.50. The molecule has 1 aromatic carbocycles. The van der Waals surface area contributed by atoms with Gasteiger partial charge in [-0.05, 0) is 74.6 Å². The molecule has 1 N–H and O–H groups in total. The Kier molecular flexibility index (Phi) is 7.02. The van der Waals surface area contributed by atoms with Gasteiger partial charge in [0, 0.05) is 36.4 Å². The van der Waals surface area contributed by atoms with E-state index in [1.54, 1.807) is 11.1 Å². The van der Waals surface area contributed by atoms with Crippen molar-refractivity contribution in [3.05, 3.63) is 47.7 Å². The fourth-order valence-electron chi connectivity index (χ4n) is 6.30. The second kappa shape index (κ2) is 10.2. The molecule has 1 aromatic heterocycles. The van der Waals surface area contributed by atoms with E-state index in [-0.39, 0.29) is 23.3 Å². The van der Waals surface area contributed by atoms with Crippen molar-refractivity contribution >= 4 is 29.9 Å². The van der Waals surface area contributed by atoms with Crippen molar-refractivity contribution in [2.24, 2.45) is 11.8 Å². The van der Waals surface area contributed by atoms with Crippen LogP contribution in [0.25, 0.3) is 6.08 Å². The van der Waals surface area contributed by atoms with E-state index < -0.39 is 6.04 Å². The maximum Gasteiger partial charge on any atom is 0.247 e. The molecule has 5 rings (SSSR count). The number of benzene rings is 1. The van der Waals surface area contributed by atoms with Crippen LogP contribution in [0.3, 0.4) is 0 Å². The smallest absolute Gasteiger partial charge is 0.247 e. The van der Waals surface area contributed by atoms with Gasteiger partial charge in [-0.3, -0.25) is 14.5 Å². The standard InChI is InChI=1S/C29H38N4O3/c1-20(2)33-26(11-15-30-33)32(19-34)27(22-6-4-21(3)5-7-22)28(35)31-24-8-9-25-23(18-24)10-12-29(25)13-16-36-17-14-29/h8-12,15,18-22,27H,4-7,13-14,16-17H2,1-3H3,(H,31,35)/t21?,22?,27-/m0/s1. The number of carbonyl (C=O) groups is 2. The van der Waals surface area contributed by atoms with Crippen LogP contribution >= 0.6 is 0 Å². The predicted molar refractivity (Wildman–Crippen MR) is 142 cm³/mol. The SMILES string of the molecule is CC1CCC([C@@H](C(=O)Nc2ccc3c(c2)C=CC32CCOCC2)N(C=O)c2ccnn2C(C)C)CC1. The Bertz CT molecular complexity index is 1120. The van der Waals surface area contributed by atoms with Gasteiger partial charge in [0.2, 0.25) is 12.3 Å². The second-order valence-corrected chi connectivity index (χ2v) is 11.1. The molecule has 2 fully saturated rings. The highest BCUT2D eigenvalue weighted by atomic mass is 16.5. The first-order valence-electron chi connectivity index (χ1n) is 13.4. The van der Waals surface area contributed by atoms with Crippen LogP contribution in [0.2, 0.25) is 0 Å². The number of hydrogen-bond donors (Lipinski definition) is 1. The average molecular weight is 491 g/mol. The van der Waals surface area contributed by atoms with E-state index in [1.807, 2.05) is 30.7 Å². The lowest BCUT2D eigenvalue weighted by atomic mass is 9.76. The van der Waals surface area contributed by atoms with Gasteiger partial charge >= 0.3 is 0 Å². The van der Waals surface area contributed by atoms with E-state index in [0.29, 0.717) is 11.7 Å². The first-order valence-corrected chi connectivity index (χ1v) is 13.4. The van der Waals surface area contributed by atoms with E-state index in [9.17, 15) is 9.59 Å². The second-order valence-electron chi connectivity index (χ2n) is 11.1. The van der Waals surface area contributed by atoms with Crippen LogP contribution in [0.5, 0.6) is 0 Å². The highest BCUT2D eigenvalue weighted by Gasteiger charge is 2.39. The van der Waals surface area contributed by atoms with Gasteiger partial charge in [0.25, 0.3) is 0 Å². The minimum absolute atomic E-state index is 0.0566. The number of rotatable bonds is 7. The van der Waals surface area contributed by atoms with Crippen LogP contribution in [0, 0.1) is 11.8 Å². The van der Waals surface area contributed by atoms with Crippen LogP contribution in [0.1, 0.15) is 76.5 Å². The Morgan fingerprint density at radius 1 is 1.19 bits per heavy atom. The molecule has 2 aliphatic carbocycles. The quantitative estimate of drug-likeness (QED) is 0.532. The number of nitrogens with zero attached hydrogens (tertiary/aromatic N) is 3. The fourth-order valence-corrected chi connectivity index (χ4v) is 6.30. The van der Waals surface area contributed by atoms with E-state index in [0.717, 1.165) is 69.4 Å². The minimum Gasteiger partial charge on any atom is -0.381 e. The number of allylic oxidation sites excluding steroid dienone is 1. The Morgan fingerprint density at radius 2 is 1.94 bits per heavy atom. The highest BCUT2D eigenvalue weighted by molar-refractivity contribution is 6.00. The summed E-state index contributed by atoms with van der Waals surface area (Å²) >= 11 is 0. The largest absolute Gasteiger partial charge is 0.381 e. The van der Waals surface area contributed by atoms with Crippen molar-refractivity contribution in [1.29, 1.82) is 0 Å². The van der Waals surface area contributed by atoms with E-state index >= 15 is 0 Å². The van der Waals surface area contributed by atoms with Crippen molar-refractivity contribution in [3.8, 4) is 0 Å². The Morgan fingerprint density at radius 3 is 2.64 bits per heavy atom. The number of nitrogens with one attached hydrogen (secondary N) is 1. The lowest BCUT2D eigenvalue weighted by molar-refractivity contribution is -0.121. The monoisotopic (exact) mass is 490 g/mol. The topological polar surface area (TPSA) is 76.5 Å². The molecule has 1 saturated heterocycles. The van der Waals surface area contributed by atoms with Crippen LogP contribution in [0.15, 0.2) is 36.5 Å². The minimum atomic E-state index is -0.588. The molecule has 2 heterocycles. The molecule has 7 heteroatoms. The third-order valence-corrected chi connectivity index (χ3v) is 8.41. The summed E-state index contributed by atoms with van der Waals surface area (Å²) in [4.78, 5) is 28.0. The Hall–Kier alpha value is -2.93. The molecule has 1 atom stereocenters. The van der Waals surface area contributed by atoms with E-state index in [1.165, 1.54) is 5.56 Å². The molecular weight excluding hydrogens is 452 g/mol. The number of carbonyl (C=O) groups excluding carboxylic acids is 2. The molecule has 2 aromatic rings. The summed E-state index contributed by atoms with van der Waals surface area (Å²) in [7, 11) is 0. The average Bonchev–Trinajstić information content (AvgIpc) is 3.49. The molecular formula is C29H38N4O3. The van der Waals surface area contributed by atoms with Gasteiger partial charge in [0.15, 0.2) is 0 Å². The maximum atomic E-state index is 13.9. The number of amides is 2. The van der Waals surface area contributed by atoms with Gasteiger partial charge in [0.1, 0.15) is 11.9 Å². The van der Waals surface area contributed by atoms with E-state index in [2.05, 4.69) is 41.6 Å². The lowest BCUT2D eigenvalue weighted by Gasteiger charge is -2.37. The number of ether oxygens (including phenoxy) is 1. The number of hydrogen-bond acceptors (Lipinski definition) is 4.